The number of aryl methyl sites for hydroxylation is 1. The molecule has 0 saturated heterocycles. The van der Waals surface area contributed by atoms with Crippen molar-refractivity contribution in [2.75, 3.05) is 6.61 Å². The number of rotatable bonds is 5. The molecule has 0 N–H and O–H groups in total. The third-order valence-electron chi connectivity index (χ3n) is 2.90. The third kappa shape index (κ3) is 4.30. The second-order valence-electron chi connectivity index (χ2n) is 4.46. The molecule has 106 valence electrons. The summed E-state index contributed by atoms with van der Waals surface area (Å²) >= 11 is 0. The van der Waals surface area contributed by atoms with Crippen LogP contribution in [0, 0.1) is 0 Å². The van der Waals surface area contributed by atoms with Crippen molar-refractivity contribution < 1.29 is 17.9 Å². The molecular weight excluding hydrogens is 265 g/mol. The summed E-state index contributed by atoms with van der Waals surface area (Å²) in [6, 6.07) is 14.8. The maximum Gasteiger partial charge on any atom is 0.416 e. The highest BCUT2D eigenvalue weighted by Crippen LogP contribution is 2.30. The zero-order valence-corrected chi connectivity index (χ0v) is 10.9. The molecular formula is C16H15F3O. The molecule has 0 atom stereocenters. The maximum absolute atomic E-state index is 12.4. The Morgan fingerprint density at radius 2 is 1.50 bits per heavy atom. The van der Waals surface area contributed by atoms with Crippen molar-refractivity contribution in [1.82, 2.24) is 0 Å². The summed E-state index contributed by atoms with van der Waals surface area (Å²) in [5, 5.41) is 0. The van der Waals surface area contributed by atoms with Gasteiger partial charge in [0.25, 0.3) is 0 Å². The standard InChI is InChI=1S/C16H15F3O/c17-16(18,19)14-8-10-15(11-9-14)20-12-4-7-13-5-2-1-3-6-13/h1-3,5-6,8-11H,4,7,12H2. The van der Waals surface area contributed by atoms with Crippen molar-refractivity contribution in [1.29, 1.82) is 0 Å². The van der Waals surface area contributed by atoms with Crippen LogP contribution in [0.15, 0.2) is 54.6 Å². The predicted octanol–water partition coefficient (Wildman–Crippen LogP) is 4.72. The number of hydrogen-bond acceptors (Lipinski definition) is 1. The lowest BCUT2D eigenvalue weighted by molar-refractivity contribution is -0.137. The van der Waals surface area contributed by atoms with Gasteiger partial charge in [0.15, 0.2) is 0 Å². The van der Waals surface area contributed by atoms with Crippen LogP contribution >= 0.6 is 0 Å². The Morgan fingerprint density at radius 3 is 2.10 bits per heavy atom. The van der Waals surface area contributed by atoms with Gasteiger partial charge < -0.3 is 4.74 Å². The highest BCUT2D eigenvalue weighted by Gasteiger charge is 2.29. The van der Waals surface area contributed by atoms with E-state index in [0.717, 1.165) is 25.0 Å². The van der Waals surface area contributed by atoms with Crippen molar-refractivity contribution in [3.05, 3.63) is 65.7 Å². The third-order valence-corrected chi connectivity index (χ3v) is 2.90. The Kier molecular flexibility index (Phi) is 4.66. The first kappa shape index (κ1) is 14.4. The summed E-state index contributed by atoms with van der Waals surface area (Å²) in [4.78, 5) is 0. The molecule has 0 aliphatic carbocycles. The molecule has 0 saturated carbocycles. The molecule has 0 bridgehead atoms. The van der Waals surface area contributed by atoms with Gasteiger partial charge in [-0.1, -0.05) is 30.3 Å². The van der Waals surface area contributed by atoms with Gasteiger partial charge in [0.2, 0.25) is 0 Å². The van der Waals surface area contributed by atoms with Crippen LogP contribution in [0.1, 0.15) is 17.5 Å². The van der Waals surface area contributed by atoms with Crippen LogP contribution in [0.4, 0.5) is 13.2 Å². The molecule has 2 aromatic rings. The van der Waals surface area contributed by atoms with E-state index in [9.17, 15) is 13.2 Å². The molecule has 0 fully saturated rings. The van der Waals surface area contributed by atoms with E-state index < -0.39 is 11.7 Å². The molecule has 20 heavy (non-hydrogen) atoms. The molecule has 2 rings (SSSR count). The quantitative estimate of drug-likeness (QED) is 0.720. The van der Waals surface area contributed by atoms with Crippen molar-refractivity contribution in [3.63, 3.8) is 0 Å². The zero-order chi connectivity index (χ0) is 14.4. The van der Waals surface area contributed by atoms with Crippen LogP contribution in [-0.2, 0) is 12.6 Å². The average molecular weight is 280 g/mol. The van der Waals surface area contributed by atoms with Gasteiger partial charge in [-0.25, -0.2) is 0 Å². The SMILES string of the molecule is FC(F)(F)c1ccc(OCCCc2ccccc2)cc1. The first-order chi connectivity index (χ1) is 9.55. The molecule has 2 aromatic carbocycles. The van der Waals surface area contributed by atoms with Gasteiger partial charge in [0, 0.05) is 0 Å². The highest BCUT2D eigenvalue weighted by atomic mass is 19.4. The fraction of sp³-hybridized carbons (Fsp3) is 0.250. The Bertz CT molecular complexity index is 518. The fourth-order valence-electron chi connectivity index (χ4n) is 1.85. The van der Waals surface area contributed by atoms with Crippen LogP contribution in [0.5, 0.6) is 5.75 Å². The van der Waals surface area contributed by atoms with Crippen LogP contribution in [0.3, 0.4) is 0 Å². The van der Waals surface area contributed by atoms with E-state index in [1.807, 2.05) is 30.3 Å². The Labute approximate surface area is 116 Å². The minimum Gasteiger partial charge on any atom is -0.494 e. The number of benzene rings is 2. The average Bonchev–Trinajstić information content (AvgIpc) is 2.44. The number of ether oxygens (including phenoxy) is 1. The van der Waals surface area contributed by atoms with Crippen LogP contribution < -0.4 is 4.74 Å². The summed E-state index contributed by atoms with van der Waals surface area (Å²) in [5.41, 5.74) is 0.567. The van der Waals surface area contributed by atoms with Crippen LogP contribution in [0.25, 0.3) is 0 Å². The lowest BCUT2D eigenvalue weighted by atomic mass is 10.1. The van der Waals surface area contributed by atoms with E-state index in [2.05, 4.69) is 0 Å². The van der Waals surface area contributed by atoms with Crippen LogP contribution in [0.2, 0.25) is 0 Å². The fourth-order valence-corrected chi connectivity index (χ4v) is 1.85. The molecule has 4 heteroatoms. The van der Waals surface area contributed by atoms with E-state index in [1.54, 1.807) is 0 Å². The second kappa shape index (κ2) is 6.46. The smallest absolute Gasteiger partial charge is 0.416 e. The van der Waals surface area contributed by atoms with E-state index >= 15 is 0 Å². The second-order valence-corrected chi connectivity index (χ2v) is 4.46. The van der Waals surface area contributed by atoms with Gasteiger partial charge >= 0.3 is 6.18 Å². The first-order valence-corrected chi connectivity index (χ1v) is 6.40. The molecule has 0 aliphatic rings. The summed E-state index contributed by atoms with van der Waals surface area (Å²) in [6.07, 6.45) is -2.58. The van der Waals surface area contributed by atoms with Gasteiger partial charge in [-0.05, 0) is 42.7 Å². The summed E-state index contributed by atoms with van der Waals surface area (Å²) in [6.45, 7) is 0.486. The molecule has 1 nitrogen and oxygen atoms in total. The topological polar surface area (TPSA) is 9.23 Å². The molecule has 0 aromatic heterocycles. The van der Waals surface area contributed by atoms with Gasteiger partial charge in [0.05, 0.1) is 12.2 Å². The summed E-state index contributed by atoms with van der Waals surface area (Å²) in [5.74, 6) is 0.464. The van der Waals surface area contributed by atoms with Crippen molar-refractivity contribution >= 4 is 0 Å². The van der Waals surface area contributed by atoms with Crippen molar-refractivity contribution in [2.45, 2.75) is 19.0 Å². The van der Waals surface area contributed by atoms with Gasteiger partial charge in [-0.15, -0.1) is 0 Å². The molecule has 0 amide bonds. The Balaban J connectivity index is 1.77. The minimum atomic E-state index is -4.30. The van der Waals surface area contributed by atoms with Gasteiger partial charge in [-0.3, -0.25) is 0 Å². The van der Waals surface area contributed by atoms with Crippen molar-refractivity contribution in [2.24, 2.45) is 0 Å². The van der Waals surface area contributed by atoms with E-state index in [0.29, 0.717) is 12.4 Å². The van der Waals surface area contributed by atoms with E-state index in [-0.39, 0.29) is 0 Å². The molecule has 0 aliphatic heterocycles. The molecule has 0 unspecified atom stereocenters. The largest absolute Gasteiger partial charge is 0.494 e. The highest BCUT2D eigenvalue weighted by molar-refractivity contribution is 5.28. The monoisotopic (exact) mass is 280 g/mol. The number of hydrogen-bond donors (Lipinski definition) is 0. The summed E-state index contributed by atoms with van der Waals surface area (Å²) in [7, 11) is 0. The zero-order valence-electron chi connectivity index (χ0n) is 10.9. The van der Waals surface area contributed by atoms with Gasteiger partial charge in [0.1, 0.15) is 5.75 Å². The number of alkyl halides is 3. The Hall–Kier alpha value is -1.97. The lowest BCUT2D eigenvalue weighted by Gasteiger charge is -2.09. The van der Waals surface area contributed by atoms with Crippen molar-refractivity contribution in [3.8, 4) is 5.75 Å². The van der Waals surface area contributed by atoms with E-state index in [4.69, 9.17) is 4.74 Å². The predicted molar refractivity (Wildman–Crippen MR) is 71.7 cm³/mol. The normalized spacial score (nSPS) is 11.3. The van der Waals surface area contributed by atoms with E-state index in [1.165, 1.54) is 17.7 Å². The van der Waals surface area contributed by atoms with Gasteiger partial charge in [-0.2, -0.15) is 13.2 Å². The first-order valence-electron chi connectivity index (χ1n) is 6.40. The number of halogens is 3. The summed E-state index contributed by atoms with van der Waals surface area (Å²) < 4.78 is 42.5. The molecule has 0 heterocycles. The van der Waals surface area contributed by atoms with Crippen LogP contribution in [-0.4, -0.2) is 6.61 Å². The lowest BCUT2D eigenvalue weighted by Crippen LogP contribution is -2.05. The maximum atomic E-state index is 12.4. The molecule has 0 radical (unpaired) electrons. The molecule has 0 spiro atoms. The minimum absolute atomic E-state index is 0.464. The Morgan fingerprint density at radius 1 is 0.850 bits per heavy atom.